The summed E-state index contributed by atoms with van der Waals surface area (Å²) in [6, 6.07) is 8.21. The van der Waals surface area contributed by atoms with Crippen molar-refractivity contribution in [3.63, 3.8) is 0 Å². The van der Waals surface area contributed by atoms with Crippen LogP contribution in [-0.4, -0.2) is 53.3 Å². The van der Waals surface area contributed by atoms with Gasteiger partial charge in [0.25, 0.3) is 11.5 Å². The Labute approximate surface area is 425 Å². The first-order valence-electron chi connectivity index (χ1n) is 11.0. The maximum Gasteiger partial charge on any atom is 1.00 e. The Hall–Kier alpha value is 1.83. The van der Waals surface area contributed by atoms with Gasteiger partial charge < -0.3 is 29.2 Å². The van der Waals surface area contributed by atoms with Crippen LogP contribution in [0.5, 0.6) is 0 Å². The average molecular weight is 759 g/mol. The van der Waals surface area contributed by atoms with Crippen LogP contribution in [0, 0.1) is 0 Å². The number of carboxylic acids is 1. The topological polar surface area (TPSA) is 257 Å². The minimum Gasteiger partial charge on any atom is -0.744 e. The van der Waals surface area contributed by atoms with Gasteiger partial charge in [0.15, 0.2) is 0 Å². The molecule has 1 aliphatic rings. The van der Waals surface area contributed by atoms with E-state index >= 15 is 0 Å². The molecule has 1 amide bonds. The van der Waals surface area contributed by atoms with Gasteiger partial charge in [-0.1, -0.05) is 6.08 Å². The van der Waals surface area contributed by atoms with Gasteiger partial charge in [0, 0.05) is 0 Å². The van der Waals surface area contributed by atoms with Gasteiger partial charge in [0.2, 0.25) is 0 Å². The van der Waals surface area contributed by atoms with Crippen molar-refractivity contribution in [3.05, 3.63) is 87.9 Å². The van der Waals surface area contributed by atoms with Crippen LogP contribution in [0.2, 0.25) is 0 Å². The van der Waals surface area contributed by atoms with Crippen LogP contribution in [0.15, 0.2) is 85.9 Å². The van der Waals surface area contributed by atoms with Gasteiger partial charge in [0.1, 0.15) is 25.9 Å². The number of allylic oxidation sites excluding steroid dienone is 2. The number of carbonyl (C=O) groups is 2. The third-order valence-electron chi connectivity index (χ3n) is 5.56. The number of aromatic nitrogens is 2. The fourth-order valence-electron chi connectivity index (χ4n) is 3.67. The fraction of sp³-hybridized carbons (Fsp3) is 0.0435. The van der Waals surface area contributed by atoms with Gasteiger partial charge in [-0.3, -0.25) is 14.7 Å². The number of nitrogens with zero attached hydrogens (tertiary/aromatic N) is 3. The molecule has 1 aromatic heterocycles. The van der Waals surface area contributed by atoms with Crippen molar-refractivity contribution in [2.24, 2.45) is 5.10 Å². The quantitative estimate of drug-likeness (QED) is 0.0702. The molecule has 16 nitrogen and oxygen atoms in total. The van der Waals surface area contributed by atoms with Gasteiger partial charge in [-0.25, -0.2) is 21.5 Å². The van der Waals surface area contributed by atoms with E-state index in [1.54, 1.807) is 0 Å². The fourth-order valence-corrected chi connectivity index (χ4v) is 4.60. The van der Waals surface area contributed by atoms with Crippen molar-refractivity contribution in [2.45, 2.75) is 16.4 Å². The SMILES string of the molecule is O=C([O-])C1=NN(c2ccc(S(=O)(=O)[O-])cc2)C(=O)C1=CC=Cc1c(CO[O-])[nH]n(-c2ccc(S(=O)(=O)[O-])cc2)c1=O.[K+].[K+].[K+].[K+]. The Morgan fingerprint density at radius 3 is 1.80 bits per heavy atom. The van der Waals surface area contributed by atoms with Crippen molar-refractivity contribution < 1.29 is 256 Å². The van der Waals surface area contributed by atoms with Crippen LogP contribution in [0.1, 0.15) is 11.3 Å². The molecule has 4 rings (SSSR count). The second-order valence-electron chi connectivity index (χ2n) is 8.10. The Balaban J connectivity index is 0.00000484. The number of anilines is 1. The summed E-state index contributed by atoms with van der Waals surface area (Å²) < 4.78 is 67.8. The van der Waals surface area contributed by atoms with E-state index in [2.05, 4.69) is 15.1 Å². The van der Waals surface area contributed by atoms with Crippen molar-refractivity contribution in [1.82, 2.24) is 9.78 Å². The van der Waals surface area contributed by atoms with E-state index in [1.807, 2.05) is 0 Å². The number of carboxylic acid groups (broad SMARTS) is 1. The Bertz CT molecular complexity index is 1920. The first kappa shape index (κ1) is 46.8. The molecule has 45 heavy (non-hydrogen) atoms. The first-order chi connectivity index (χ1) is 19.2. The second kappa shape index (κ2) is 20.0. The predicted molar refractivity (Wildman–Crippen MR) is 131 cm³/mol. The number of rotatable bonds is 9. The average Bonchev–Trinajstić information content (AvgIpc) is 3.40. The third-order valence-corrected chi connectivity index (χ3v) is 7.26. The molecule has 1 N–H and O–H groups in total. The van der Waals surface area contributed by atoms with E-state index in [0.717, 1.165) is 71.4 Å². The van der Waals surface area contributed by atoms with E-state index in [4.69, 9.17) is 0 Å². The van der Waals surface area contributed by atoms with E-state index in [-0.39, 0.29) is 228 Å². The van der Waals surface area contributed by atoms with Crippen LogP contribution >= 0.6 is 0 Å². The number of aromatic amines is 1. The number of benzene rings is 2. The summed E-state index contributed by atoms with van der Waals surface area (Å²) in [5, 5.41) is 29.3. The van der Waals surface area contributed by atoms with Gasteiger partial charge in [-0.2, -0.15) is 10.1 Å². The number of H-pyrrole nitrogens is 1. The van der Waals surface area contributed by atoms with Crippen molar-refractivity contribution in [2.75, 3.05) is 5.01 Å². The molecule has 214 valence electrons. The standard InChI is InChI=1S/C23H18N4O12S2.4K/c28-21-17(19(12-39-32)24-26(21)13-4-8-15(9-5-13)40(33,34)35)2-1-3-18-20(23(30)31)25-27(22(18)29)14-6-10-16(11-7-14)41(36,37)38;;;;/h1-11,24,32H,12H2,(H,30,31)(H,33,34,35)(H,36,37,38);;;;/q;4*+1/p-4. The number of nitrogens with one attached hydrogen (secondary N) is 1. The normalized spacial score (nSPS) is 13.8. The molecule has 0 atom stereocenters. The summed E-state index contributed by atoms with van der Waals surface area (Å²) in [7, 11) is -9.51. The number of hydrogen-bond acceptors (Lipinski definition) is 13. The number of carbonyl (C=O) groups excluding carboxylic acids is 2. The number of hydrogen-bond donors (Lipinski definition) is 1. The zero-order chi connectivity index (χ0) is 30.1. The molecular weight excluding hydrogens is 745 g/mol. The van der Waals surface area contributed by atoms with Gasteiger partial charge in [0.05, 0.1) is 50.6 Å². The van der Waals surface area contributed by atoms with Gasteiger partial charge in [-0.05, 0) is 60.7 Å². The molecule has 0 aliphatic carbocycles. The smallest absolute Gasteiger partial charge is 0.744 e. The Morgan fingerprint density at radius 2 is 1.36 bits per heavy atom. The van der Waals surface area contributed by atoms with Crippen molar-refractivity contribution in [3.8, 4) is 5.69 Å². The Morgan fingerprint density at radius 1 is 0.867 bits per heavy atom. The maximum atomic E-state index is 13.0. The molecule has 0 radical (unpaired) electrons. The maximum absolute atomic E-state index is 13.0. The van der Waals surface area contributed by atoms with Gasteiger partial charge in [-0.15, -0.1) is 0 Å². The van der Waals surface area contributed by atoms with Crippen LogP contribution in [0.25, 0.3) is 11.8 Å². The van der Waals surface area contributed by atoms with Crippen molar-refractivity contribution >= 4 is 49.6 Å². The summed E-state index contributed by atoms with van der Waals surface area (Å²) in [5.74, 6) is -2.79. The summed E-state index contributed by atoms with van der Waals surface area (Å²) in [6.45, 7) is -0.626. The molecule has 0 unspecified atom stereocenters. The Kier molecular flexibility index (Phi) is 20.8. The van der Waals surface area contributed by atoms with Crippen molar-refractivity contribution in [1.29, 1.82) is 0 Å². The number of hydrazone groups is 1. The number of aliphatic carboxylic acids is 1. The van der Waals surface area contributed by atoms with E-state index < -0.39 is 65.4 Å². The van der Waals surface area contributed by atoms with E-state index in [0.29, 0.717) is 5.01 Å². The predicted octanol–water partition coefficient (Wildman–Crippen LogP) is -14.1. The summed E-state index contributed by atoms with van der Waals surface area (Å²) in [4.78, 5) is 40.3. The second-order valence-corrected chi connectivity index (χ2v) is 10.9. The molecule has 2 heterocycles. The third kappa shape index (κ3) is 11.7. The number of amides is 1. The largest absolute Gasteiger partial charge is 1.00 e. The molecule has 3 aromatic rings. The molecule has 2 aromatic carbocycles. The zero-order valence-electron chi connectivity index (χ0n) is 24.1. The molecule has 0 spiro atoms. The van der Waals surface area contributed by atoms with Crippen LogP contribution < -0.4 is 226 Å². The minimum atomic E-state index is -4.77. The molecule has 0 saturated heterocycles. The van der Waals surface area contributed by atoms with E-state index in [9.17, 15) is 50.7 Å². The molecular formula is C23H14K4N4O12S2. The monoisotopic (exact) mass is 758 g/mol. The van der Waals surface area contributed by atoms with Gasteiger partial charge >= 0.3 is 206 Å². The molecule has 1 aliphatic heterocycles. The molecule has 22 heteroatoms. The van der Waals surface area contributed by atoms with Crippen LogP contribution in [0.4, 0.5) is 5.69 Å². The van der Waals surface area contributed by atoms with Crippen LogP contribution in [-0.2, 0) is 41.3 Å². The molecule has 0 bridgehead atoms. The molecule has 0 fully saturated rings. The first-order valence-corrected chi connectivity index (χ1v) is 13.8. The molecule has 0 saturated carbocycles. The minimum absolute atomic E-state index is 0. The van der Waals surface area contributed by atoms with E-state index in [1.165, 1.54) is 0 Å². The summed E-state index contributed by atoms with van der Waals surface area (Å²) in [5.41, 5.74) is -2.18. The van der Waals surface area contributed by atoms with Crippen LogP contribution in [0.3, 0.4) is 0 Å². The summed E-state index contributed by atoms with van der Waals surface area (Å²) >= 11 is 0. The zero-order valence-corrected chi connectivity index (χ0v) is 38.2. The summed E-state index contributed by atoms with van der Waals surface area (Å²) in [6.07, 6.45) is 3.24.